The van der Waals surface area contributed by atoms with Crippen molar-refractivity contribution in [3.63, 3.8) is 0 Å². The molecule has 1 aliphatic heterocycles. The molecule has 7 heteroatoms. The highest BCUT2D eigenvalue weighted by molar-refractivity contribution is 5.78. The number of likely N-dealkylation sites (tertiary alicyclic amines) is 1. The Bertz CT molecular complexity index is 1040. The van der Waals surface area contributed by atoms with Crippen LogP contribution in [0.5, 0.6) is 5.75 Å². The smallest absolute Gasteiger partial charge is 0.313 e. The third kappa shape index (κ3) is 5.98. The van der Waals surface area contributed by atoms with Gasteiger partial charge in [-0.1, -0.05) is 54.8 Å². The first-order chi connectivity index (χ1) is 17.9. The zero-order valence-electron chi connectivity index (χ0n) is 22.4. The highest BCUT2D eigenvalue weighted by atomic mass is 16.6. The van der Waals surface area contributed by atoms with E-state index in [1.165, 1.54) is 30.4 Å². The minimum atomic E-state index is -0.928. The van der Waals surface area contributed by atoms with Crippen LogP contribution in [0.15, 0.2) is 48.5 Å². The van der Waals surface area contributed by atoms with Crippen molar-refractivity contribution in [3.8, 4) is 5.75 Å². The van der Waals surface area contributed by atoms with E-state index in [2.05, 4.69) is 36.1 Å². The Balaban J connectivity index is 1.61. The van der Waals surface area contributed by atoms with Crippen LogP contribution in [0, 0.1) is 22.5 Å². The molecule has 0 amide bonds. The van der Waals surface area contributed by atoms with Gasteiger partial charge in [0.2, 0.25) is 6.54 Å². The van der Waals surface area contributed by atoms with Crippen molar-refractivity contribution < 1.29 is 19.2 Å². The molecule has 1 saturated carbocycles. The van der Waals surface area contributed by atoms with Crippen LogP contribution in [0.2, 0.25) is 0 Å². The molecule has 0 radical (unpaired) electrons. The molecule has 200 valence electrons. The molecular weight excluding hydrogens is 468 g/mol. The molecule has 0 N–H and O–H groups in total. The summed E-state index contributed by atoms with van der Waals surface area (Å²) in [6, 6.07) is 16.7. The molecule has 7 nitrogen and oxygen atoms in total. The van der Waals surface area contributed by atoms with Crippen LogP contribution < -0.4 is 4.74 Å². The van der Waals surface area contributed by atoms with Crippen molar-refractivity contribution in [2.45, 2.75) is 70.3 Å². The van der Waals surface area contributed by atoms with Crippen LogP contribution in [0.25, 0.3) is 0 Å². The Kier molecular flexibility index (Phi) is 8.85. The van der Waals surface area contributed by atoms with Crippen LogP contribution in [0.1, 0.15) is 74.0 Å². The second-order valence-electron chi connectivity index (χ2n) is 10.6. The van der Waals surface area contributed by atoms with Crippen LogP contribution in [0.3, 0.4) is 0 Å². The molecule has 1 aliphatic carbocycles. The van der Waals surface area contributed by atoms with E-state index in [0.29, 0.717) is 30.6 Å². The molecule has 2 aromatic rings. The van der Waals surface area contributed by atoms with Crippen molar-refractivity contribution in [1.29, 1.82) is 0 Å². The SMILES string of the molecule is CCOC(=O)C1(C(C[N+](=O)[O-])c2ccc(OC)cc2)CCN(C2CCCCC2c2ccc(C)cc2)CC1. The van der Waals surface area contributed by atoms with Gasteiger partial charge in [0.25, 0.3) is 0 Å². The second-order valence-corrected chi connectivity index (χ2v) is 10.6. The second kappa shape index (κ2) is 12.1. The molecule has 0 bridgehead atoms. The molecule has 0 aromatic heterocycles. The monoisotopic (exact) mass is 508 g/mol. The van der Waals surface area contributed by atoms with Gasteiger partial charge in [-0.2, -0.15) is 0 Å². The minimum absolute atomic E-state index is 0.260. The first kappa shape index (κ1) is 27.1. The number of piperidine rings is 1. The number of rotatable bonds is 9. The summed E-state index contributed by atoms with van der Waals surface area (Å²) in [5.74, 6) is 0.286. The molecule has 1 saturated heterocycles. The number of benzene rings is 2. The van der Waals surface area contributed by atoms with Gasteiger partial charge < -0.3 is 9.47 Å². The predicted octanol–water partition coefficient (Wildman–Crippen LogP) is 5.74. The Hall–Kier alpha value is -2.93. The molecule has 1 heterocycles. The fraction of sp³-hybridized carbons (Fsp3) is 0.567. The van der Waals surface area contributed by atoms with E-state index in [-0.39, 0.29) is 24.0 Å². The fourth-order valence-corrected chi connectivity index (χ4v) is 6.56. The zero-order valence-corrected chi connectivity index (χ0v) is 22.4. The van der Waals surface area contributed by atoms with Crippen molar-refractivity contribution in [1.82, 2.24) is 4.90 Å². The number of hydrogen-bond acceptors (Lipinski definition) is 6. The molecule has 2 aliphatic rings. The van der Waals surface area contributed by atoms with Gasteiger partial charge in [-0.3, -0.25) is 19.8 Å². The average molecular weight is 509 g/mol. The van der Waals surface area contributed by atoms with Gasteiger partial charge in [0.05, 0.1) is 25.0 Å². The molecule has 2 fully saturated rings. The summed E-state index contributed by atoms with van der Waals surface area (Å²) in [5, 5.41) is 11.8. The maximum absolute atomic E-state index is 13.6. The topological polar surface area (TPSA) is 81.9 Å². The third-order valence-electron chi connectivity index (χ3n) is 8.59. The van der Waals surface area contributed by atoms with Gasteiger partial charge >= 0.3 is 5.97 Å². The first-order valence-electron chi connectivity index (χ1n) is 13.6. The summed E-state index contributed by atoms with van der Waals surface area (Å²) < 4.78 is 10.9. The lowest BCUT2D eigenvalue weighted by Gasteiger charge is -2.48. The Morgan fingerprint density at radius 2 is 1.73 bits per heavy atom. The van der Waals surface area contributed by atoms with Crippen LogP contribution in [-0.2, 0) is 9.53 Å². The molecule has 3 unspecified atom stereocenters. The van der Waals surface area contributed by atoms with E-state index < -0.39 is 11.3 Å². The van der Waals surface area contributed by atoms with Gasteiger partial charge in [0.15, 0.2) is 0 Å². The van der Waals surface area contributed by atoms with Crippen LogP contribution in [0.4, 0.5) is 0 Å². The van der Waals surface area contributed by atoms with E-state index >= 15 is 0 Å². The lowest BCUT2D eigenvalue weighted by atomic mass is 9.65. The van der Waals surface area contributed by atoms with Crippen molar-refractivity contribution in [2.75, 3.05) is 33.4 Å². The summed E-state index contributed by atoms with van der Waals surface area (Å²) in [5.41, 5.74) is 2.52. The molecule has 3 atom stereocenters. The van der Waals surface area contributed by atoms with Crippen molar-refractivity contribution in [2.24, 2.45) is 5.41 Å². The Labute approximate surface area is 220 Å². The molecular formula is C30H40N2O5. The fourth-order valence-electron chi connectivity index (χ4n) is 6.56. The number of ether oxygens (including phenoxy) is 2. The number of carbonyl (C=O) groups is 1. The van der Waals surface area contributed by atoms with E-state index in [4.69, 9.17) is 9.47 Å². The van der Waals surface area contributed by atoms with Crippen molar-refractivity contribution >= 4 is 5.97 Å². The molecule has 4 rings (SSSR count). The standard InChI is InChI=1S/C30H40N2O5/c1-4-37-29(33)30(27(21-32(34)35)24-13-15-25(36-3)16-14-24)17-19-31(20-18-30)28-8-6-5-7-26(28)23-11-9-22(2)10-12-23/h9-16,26-28H,4-8,17-21H2,1-3H3. The number of carbonyl (C=O) groups excluding carboxylic acids is 1. The maximum atomic E-state index is 13.6. The van der Waals surface area contributed by atoms with Gasteiger partial charge in [-0.05, 0) is 81.8 Å². The largest absolute Gasteiger partial charge is 0.497 e. The highest BCUT2D eigenvalue weighted by Crippen LogP contribution is 2.48. The lowest BCUT2D eigenvalue weighted by Crippen LogP contribution is -2.53. The molecule has 37 heavy (non-hydrogen) atoms. The van der Waals surface area contributed by atoms with E-state index in [1.54, 1.807) is 14.0 Å². The number of aryl methyl sites for hydroxylation is 1. The van der Waals surface area contributed by atoms with Gasteiger partial charge in [0.1, 0.15) is 5.75 Å². The number of nitro groups is 1. The zero-order chi connectivity index (χ0) is 26.4. The van der Waals surface area contributed by atoms with Gasteiger partial charge in [0, 0.05) is 11.0 Å². The normalized spacial score (nSPS) is 22.7. The van der Waals surface area contributed by atoms with Crippen LogP contribution >= 0.6 is 0 Å². The summed E-state index contributed by atoms with van der Waals surface area (Å²) in [4.78, 5) is 27.6. The first-order valence-corrected chi connectivity index (χ1v) is 13.6. The number of nitrogens with zero attached hydrogens (tertiary/aromatic N) is 2. The van der Waals surface area contributed by atoms with Gasteiger partial charge in [-0.15, -0.1) is 0 Å². The maximum Gasteiger partial charge on any atom is 0.313 e. The molecule has 0 spiro atoms. The minimum Gasteiger partial charge on any atom is -0.497 e. The van der Waals surface area contributed by atoms with Crippen LogP contribution in [-0.4, -0.2) is 55.2 Å². The van der Waals surface area contributed by atoms with Gasteiger partial charge in [-0.25, -0.2) is 0 Å². The number of hydrogen-bond donors (Lipinski definition) is 0. The Morgan fingerprint density at radius 1 is 1.08 bits per heavy atom. The highest BCUT2D eigenvalue weighted by Gasteiger charge is 2.52. The summed E-state index contributed by atoms with van der Waals surface area (Å²) in [7, 11) is 1.59. The third-order valence-corrected chi connectivity index (χ3v) is 8.59. The summed E-state index contributed by atoms with van der Waals surface area (Å²) >= 11 is 0. The summed E-state index contributed by atoms with van der Waals surface area (Å²) in [6.45, 7) is 5.33. The lowest BCUT2D eigenvalue weighted by molar-refractivity contribution is -0.486. The quantitative estimate of drug-likeness (QED) is 0.244. The molecule has 2 aromatic carbocycles. The number of esters is 1. The van der Waals surface area contributed by atoms with E-state index in [0.717, 1.165) is 25.1 Å². The van der Waals surface area contributed by atoms with E-state index in [9.17, 15) is 14.9 Å². The number of methoxy groups -OCH3 is 1. The Morgan fingerprint density at radius 3 is 2.32 bits per heavy atom. The predicted molar refractivity (Wildman–Crippen MR) is 144 cm³/mol. The van der Waals surface area contributed by atoms with E-state index in [1.807, 2.05) is 24.3 Å². The average Bonchev–Trinajstić information content (AvgIpc) is 2.92. The summed E-state index contributed by atoms with van der Waals surface area (Å²) in [6.07, 6.45) is 5.85. The van der Waals surface area contributed by atoms with Crippen molar-refractivity contribution in [3.05, 3.63) is 75.3 Å².